The lowest BCUT2D eigenvalue weighted by Crippen LogP contribution is -2.23. The Hall–Kier alpha value is -1.02. The summed E-state index contributed by atoms with van der Waals surface area (Å²) in [6.07, 6.45) is 6.46. The SMILES string of the molecule is OC1=CCC=c2cc(Br)ccc2=C1. The lowest BCUT2D eigenvalue weighted by atomic mass is 10.2. The summed E-state index contributed by atoms with van der Waals surface area (Å²) < 4.78 is 1.07. The number of halogens is 1. The summed E-state index contributed by atoms with van der Waals surface area (Å²) in [6, 6.07) is 6.02. The minimum Gasteiger partial charge on any atom is -0.508 e. The molecule has 0 heterocycles. The van der Waals surface area contributed by atoms with Gasteiger partial charge in [-0.05, 0) is 41.1 Å². The molecule has 0 atom stereocenters. The second kappa shape index (κ2) is 3.38. The van der Waals surface area contributed by atoms with Crippen LogP contribution in [0.15, 0.2) is 34.5 Å². The summed E-state index contributed by atoms with van der Waals surface area (Å²) in [5, 5.41) is 11.6. The van der Waals surface area contributed by atoms with Crippen molar-refractivity contribution in [3.63, 3.8) is 0 Å². The van der Waals surface area contributed by atoms with Gasteiger partial charge >= 0.3 is 0 Å². The first-order valence-corrected chi connectivity index (χ1v) is 4.91. The fourth-order valence-electron chi connectivity index (χ4n) is 1.38. The van der Waals surface area contributed by atoms with Crippen molar-refractivity contribution >= 4 is 28.1 Å². The van der Waals surface area contributed by atoms with Crippen LogP contribution in [0.25, 0.3) is 12.2 Å². The highest BCUT2D eigenvalue weighted by Gasteiger charge is 1.94. The van der Waals surface area contributed by atoms with Gasteiger partial charge in [-0.3, -0.25) is 0 Å². The molecule has 0 aliphatic heterocycles. The van der Waals surface area contributed by atoms with E-state index in [-0.39, 0.29) is 0 Å². The second-order valence-electron chi connectivity index (χ2n) is 2.99. The third-order valence-electron chi connectivity index (χ3n) is 2.02. The summed E-state index contributed by atoms with van der Waals surface area (Å²) in [5.41, 5.74) is 0. The Morgan fingerprint density at radius 3 is 2.85 bits per heavy atom. The van der Waals surface area contributed by atoms with Crippen molar-refractivity contribution in [2.24, 2.45) is 0 Å². The summed E-state index contributed by atoms with van der Waals surface area (Å²) in [4.78, 5) is 0. The van der Waals surface area contributed by atoms with E-state index in [1.807, 2.05) is 12.1 Å². The Labute approximate surface area is 84.8 Å². The van der Waals surface area contributed by atoms with Gasteiger partial charge in [0.15, 0.2) is 0 Å². The number of benzene rings is 1. The number of aliphatic hydroxyl groups is 1. The lowest BCUT2D eigenvalue weighted by Gasteiger charge is -1.91. The highest BCUT2D eigenvalue weighted by Crippen LogP contribution is 2.03. The van der Waals surface area contributed by atoms with E-state index in [0.29, 0.717) is 5.76 Å². The molecule has 2 heteroatoms. The predicted molar refractivity (Wildman–Crippen MR) is 57.7 cm³/mol. The molecule has 0 unspecified atom stereocenters. The molecular weight excluding hydrogens is 228 g/mol. The normalized spacial score (nSPS) is 14.7. The first kappa shape index (κ1) is 8.57. The summed E-state index contributed by atoms with van der Waals surface area (Å²) in [6.45, 7) is 0. The van der Waals surface area contributed by atoms with Crippen LogP contribution >= 0.6 is 15.9 Å². The monoisotopic (exact) mass is 236 g/mol. The van der Waals surface area contributed by atoms with Crippen LogP contribution in [0.2, 0.25) is 0 Å². The van der Waals surface area contributed by atoms with Crippen LogP contribution in [0.1, 0.15) is 6.42 Å². The number of hydrogen-bond donors (Lipinski definition) is 1. The van der Waals surface area contributed by atoms with Crippen LogP contribution in [0.5, 0.6) is 0 Å². The maximum absolute atomic E-state index is 9.38. The molecule has 0 spiro atoms. The van der Waals surface area contributed by atoms with Gasteiger partial charge in [-0.25, -0.2) is 0 Å². The first-order chi connectivity index (χ1) is 6.25. The Bertz CT molecular complexity index is 471. The van der Waals surface area contributed by atoms with Gasteiger partial charge in [0.1, 0.15) is 5.76 Å². The second-order valence-corrected chi connectivity index (χ2v) is 3.90. The van der Waals surface area contributed by atoms with Crippen LogP contribution in [0.3, 0.4) is 0 Å². The van der Waals surface area contributed by atoms with Crippen molar-refractivity contribution in [3.05, 3.63) is 44.9 Å². The van der Waals surface area contributed by atoms with Crippen molar-refractivity contribution in [2.75, 3.05) is 0 Å². The summed E-state index contributed by atoms with van der Waals surface area (Å²) in [5.74, 6) is 0.345. The molecule has 0 saturated heterocycles. The van der Waals surface area contributed by atoms with Crippen molar-refractivity contribution in [2.45, 2.75) is 6.42 Å². The number of aliphatic hydroxyl groups excluding tert-OH is 1. The lowest BCUT2D eigenvalue weighted by molar-refractivity contribution is 0.440. The minimum absolute atomic E-state index is 0.345. The van der Waals surface area contributed by atoms with Gasteiger partial charge in [0.2, 0.25) is 0 Å². The molecule has 13 heavy (non-hydrogen) atoms. The fraction of sp³-hybridized carbons (Fsp3) is 0.0909. The van der Waals surface area contributed by atoms with Gasteiger partial charge in [0.25, 0.3) is 0 Å². The first-order valence-electron chi connectivity index (χ1n) is 4.12. The van der Waals surface area contributed by atoms with E-state index in [2.05, 4.69) is 28.1 Å². The highest BCUT2D eigenvalue weighted by atomic mass is 79.9. The van der Waals surface area contributed by atoms with E-state index < -0.39 is 0 Å². The molecule has 0 fully saturated rings. The van der Waals surface area contributed by atoms with E-state index in [4.69, 9.17) is 0 Å². The minimum atomic E-state index is 0.345. The zero-order valence-corrected chi connectivity index (χ0v) is 8.58. The van der Waals surface area contributed by atoms with E-state index in [0.717, 1.165) is 21.3 Å². The molecule has 0 saturated carbocycles. The Balaban J connectivity index is 2.75. The Morgan fingerprint density at radius 2 is 2.00 bits per heavy atom. The van der Waals surface area contributed by atoms with Gasteiger partial charge in [-0.15, -0.1) is 0 Å². The quantitative estimate of drug-likeness (QED) is 0.730. The van der Waals surface area contributed by atoms with Crippen LogP contribution in [-0.2, 0) is 0 Å². The molecule has 1 aromatic carbocycles. The molecule has 1 aliphatic carbocycles. The van der Waals surface area contributed by atoms with Crippen LogP contribution in [0, 0.1) is 0 Å². The number of allylic oxidation sites excluding steroid dienone is 2. The van der Waals surface area contributed by atoms with Gasteiger partial charge in [0, 0.05) is 4.47 Å². The molecular formula is C11H9BrO. The molecule has 0 amide bonds. The van der Waals surface area contributed by atoms with Crippen LogP contribution < -0.4 is 10.4 Å². The third kappa shape index (κ3) is 1.83. The van der Waals surface area contributed by atoms with Crippen LogP contribution in [-0.4, -0.2) is 5.11 Å². The van der Waals surface area contributed by atoms with Crippen LogP contribution in [0.4, 0.5) is 0 Å². The summed E-state index contributed by atoms with van der Waals surface area (Å²) in [7, 11) is 0. The largest absolute Gasteiger partial charge is 0.508 e. The zero-order chi connectivity index (χ0) is 9.26. The Morgan fingerprint density at radius 1 is 1.15 bits per heavy atom. The summed E-state index contributed by atoms with van der Waals surface area (Å²) >= 11 is 3.42. The molecule has 1 N–H and O–H groups in total. The molecule has 1 aromatic rings. The Kier molecular flexibility index (Phi) is 2.23. The van der Waals surface area contributed by atoms with E-state index in [1.54, 1.807) is 12.2 Å². The van der Waals surface area contributed by atoms with Crippen molar-refractivity contribution < 1.29 is 5.11 Å². The van der Waals surface area contributed by atoms with Crippen molar-refractivity contribution in [1.29, 1.82) is 0 Å². The van der Waals surface area contributed by atoms with Crippen molar-refractivity contribution in [1.82, 2.24) is 0 Å². The smallest absolute Gasteiger partial charge is 0.112 e. The molecule has 66 valence electrons. The third-order valence-corrected chi connectivity index (χ3v) is 2.51. The van der Waals surface area contributed by atoms with Gasteiger partial charge < -0.3 is 5.11 Å². The molecule has 2 rings (SSSR count). The van der Waals surface area contributed by atoms with E-state index >= 15 is 0 Å². The maximum Gasteiger partial charge on any atom is 0.112 e. The number of hydrogen-bond acceptors (Lipinski definition) is 1. The molecule has 0 bridgehead atoms. The van der Waals surface area contributed by atoms with E-state index in [9.17, 15) is 5.11 Å². The molecule has 0 radical (unpaired) electrons. The topological polar surface area (TPSA) is 20.2 Å². The average molecular weight is 237 g/mol. The van der Waals surface area contributed by atoms with Crippen molar-refractivity contribution in [3.8, 4) is 0 Å². The van der Waals surface area contributed by atoms with Gasteiger partial charge in [0.05, 0.1) is 0 Å². The standard InChI is InChI=1S/C11H9BrO/c12-10-5-4-9-7-11(13)3-1-2-8(9)6-10/h2-7,13H,1H2. The number of rotatable bonds is 0. The van der Waals surface area contributed by atoms with Gasteiger partial charge in [-0.2, -0.15) is 0 Å². The highest BCUT2D eigenvalue weighted by molar-refractivity contribution is 9.10. The average Bonchev–Trinajstić information content (AvgIpc) is 2.25. The van der Waals surface area contributed by atoms with E-state index in [1.165, 1.54) is 0 Å². The predicted octanol–water partition coefficient (Wildman–Crippen LogP) is 1.86. The zero-order valence-electron chi connectivity index (χ0n) is 7.00. The number of fused-ring (bicyclic) bond motifs is 1. The molecule has 0 aromatic heterocycles. The molecule has 1 aliphatic rings. The molecule has 1 nitrogen and oxygen atoms in total. The fourth-order valence-corrected chi connectivity index (χ4v) is 1.76. The van der Waals surface area contributed by atoms with Gasteiger partial charge in [-0.1, -0.05) is 28.1 Å². The maximum atomic E-state index is 9.38.